The molecule has 0 radical (unpaired) electrons. The maximum atomic E-state index is 11.8. The first-order valence-corrected chi connectivity index (χ1v) is 6.37. The molecule has 1 saturated carbocycles. The van der Waals surface area contributed by atoms with Crippen molar-refractivity contribution in [2.75, 3.05) is 12.3 Å². The molecule has 0 amide bonds. The number of nitrogens with one attached hydrogen (secondary N) is 1. The number of nitrogens with two attached hydrogens (primary N) is 1. The summed E-state index contributed by atoms with van der Waals surface area (Å²) < 4.78 is 1.78. The van der Waals surface area contributed by atoms with Gasteiger partial charge in [-0.15, -0.1) is 0 Å². The number of rotatable bonds is 2. The van der Waals surface area contributed by atoms with Crippen molar-refractivity contribution >= 4 is 17.0 Å². The molecule has 7 heteroatoms. The topological polar surface area (TPSA) is 117 Å². The summed E-state index contributed by atoms with van der Waals surface area (Å²) >= 11 is 0. The number of hydrogen-bond acceptors (Lipinski definition) is 5. The van der Waals surface area contributed by atoms with E-state index < -0.39 is 6.10 Å². The number of aliphatic hydroxyl groups is 2. The van der Waals surface area contributed by atoms with Crippen LogP contribution in [0.25, 0.3) is 11.0 Å². The van der Waals surface area contributed by atoms with Gasteiger partial charge in [0.25, 0.3) is 5.56 Å². The van der Waals surface area contributed by atoms with Crippen LogP contribution in [0.1, 0.15) is 12.5 Å². The van der Waals surface area contributed by atoms with Crippen LogP contribution in [-0.2, 0) is 0 Å². The molecule has 3 rings (SSSR count). The van der Waals surface area contributed by atoms with E-state index in [1.807, 2.05) is 0 Å². The molecule has 5 N–H and O–H groups in total. The highest BCUT2D eigenvalue weighted by Crippen LogP contribution is 2.40. The average Bonchev–Trinajstić information content (AvgIpc) is 2.91. The number of aromatic nitrogens is 3. The molecule has 2 heterocycles. The molecule has 2 aromatic rings. The van der Waals surface area contributed by atoms with E-state index in [1.54, 1.807) is 16.8 Å². The van der Waals surface area contributed by atoms with Gasteiger partial charge in [0.05, 0.1) is 24.1 Å². The highest BCUT2D eigenvalue weighted by Gasteiger charge is 2.37. The normalized spacial score (nSPS) is 26.5. The number of hydrogen-bond donors (Lipinski definition) is 4. The molecule has 0 spiro atoms. The van der Waals surface area contributed by atoms with E-state index in [1.165, 1.54) is 0 Å². The standard InChI is InChI=1S/C13H16N4O3/c1-6-8(5-18)10(19)4-9(6)17-3-2-7-11(17)15-13(14)16-12(7)20/h2-3,8-10,18-19H,1,4-5H2,(H3,14,15,16,20)/t8-,9-,10-/m0/s1. The quantitative estimate of drug-likeness (QED) is 0.566. The molecule has 0 aliphatic heterocycles. The molecule has 1 fully saturated rings. The number of aromatic amines is 1. The Labute approximate surface area is 114 Å². The fourth-order valence-corrected chi connectivity index (χ4v) is 2.88. The molecule has 7 nitrogen and oxygen atoms in total. The van der Waals surface area contributed by atoms with E-state index in [-0.39, 0.29) is 30.1 Å². The highest BCUT2D eigenvalue weighted by atomic mass is 16.3. The third kappa shape index (κ3) is 1.75. The zero-order valence-corrected chi connectivity index (χ0v) is 10.8. The Hall–Kier alpha value is -2.12. The second kappa shape index (κ2) is 4.46. The van der Waals surface area contributed by atoms with Gasteiger partial charge >= 0.3 is 0 Å². The summed E-state index contributed by atoms with van der Waals surface area (Å²) in [6.07, 6.45) is 1.52. The number of nitrogens with zero attached hydrogens (tertiary/aromatic N) is 2. The Morgan fingerprint density at radius 1 is 1.60 bits per heavy atom. The maximum Gasteiger partial charge on any atom is 0.261 e. The Bertz CT molecular complexity index is 733. The maximum absolute atomic E-state index is 11.8. The van der Waals surface area contributed by atoms with Gasteiger partial charge in [0, 0.05) is 12.1 Å². The van der Waals surface area contributed by atoms with Gasteiger partial charge in [-0.2, -0.15) is 4.98 Å². The molecule has 2 aromatic heterocycles. The summed E-state index contributed by atoms with van der Waals surface area (Å²) in [6, 6.07) is 1.46. The van der Waals surface area contributed by atoms with E-state index in [0.29, 0.717) is 17.5 Å². The van der Waals surface area contributed by atoms with Gasteiger partial charge in [0.2, 0.25) is 5.95 Å². The second-order valence-electron chi connectivity index (χ2n) is 5.09. The molecule has 1 aliphatic carbocycles. The monoisotopic (exact) mass is 276 g/mol. The number of anilines is 1. The van der Waals surface area contributed by atoms with Crippen LogP contribution < -0.4 is 11.3 Å². The van der Waals surface area contributed by atoms with Crippen molar-refractivity contribution < 1.29 is 10.2 Å². The smallest absolute Gasteiger partial charge is 0.261 e. The Balaban J connectivity index is 2.12. The predicted molar refractivity (Wildman–Crippen MR) is 74.1 cm³/mol. The SMILES string of the molecule is C=C1[C@H](CO)[C@@H](O)C[C@@H]1n1ccc2c(=O)[nH]c(N)nc21. The van der Waals surface area contributed by atoms with Crippen molar-refractivity contribution in [3.05, 3.63) is 34.8 Å². The third-order valence-electron chi connectivity index (χ3n) is 3.97. The molecular formula is C13H16N4O3. The highest BCUT2D eigenvalue weighted by molar-refractivity contribution is 5.76. The number of aliphatic hydroxyl groups excluding tert-OH is 2. The zero-order valence-electron chi connectivity index (χ0n) is 10.8. The van der Waals surface area contributed by atoms with Crippen LogP contribution in [0.4, 0.5) is 5.95 Å². The van der Waals surface area contributed by atoms with E-state index in [9.17, 15) is 15.0 Å². The van der Waals surface area contributed by atoms with E-state index in [4.69, 9.17) is 5.73 Å². The molecule has 0 unspecified atom stereocenters. The Morgan fingerprint density at radius 3 is 3.00 bits per heavy atom. The summed E-state index contributed by atoms with van der Waals surface area (Å²) in [7, 11) is 0. The van der Waals surface area contributed by atoms with Gasteiger partial charge in [-0.05, 0) is 18.1 Å². The van der Waals surface area contributed by atoms with Crippen LogP contribution in [0, 0.1) is 5.92 Å². The summed E-state index contributed by atoms with van der Waals surface area (Å²) in [5, 5.41) is 19.7. The molecule has 1 aliphatic rings. The molecule has 0 saturated heterocycles. The molecular weight excluding hydrogens is 260 g/mol. The van der Waals surface area contributed by atoms with Crippen LogP contribution in [0.5, 0.6) is 0 Å². The lowest BCUT2D eigenvalue weighted by Crippen LogP contribution is -2.17. The summed E-state index contributed by atoms with van der Waals surface area (Å²) in [5.74, 6) is -0.304. The summed E-state index contributed by atoms with van der Waals surface area (Å²) in [5.41, 5.74) is 6.47. The first-order chi connectivity index (χ1) is 9.52. The minimum Gasteiger partial charge on any atom is -0.396 e. The predicted octanol–water partition coefficient (Wildman–Crippen LogP) is -0.223. The lowest BCUT2D eigenvalue weighted by atomic mass is 10.0. The van der Waals surface area contributed by atoms with Crippen molar-refractivity contribution in [1.82, 2.24) is 14.5 Å². The second-order valence-corrected chi connectivity index (χ2v) is 5.09. The average molecular weight is 276 g/mol. The Morgan fingerprint density at radius 2 is 2.35 bits per heavy atom. The fourth-order valence-electron chi connectivity index (χ4n) is 2.88. The van der Waals surface area contributed by atoms with Gasteiger partial charge in [0.15, 0.2) is 0 Å². The molecule has 0 aromatic carbocycles. The first kappa shape index (κ1) is 12.9. The zero-order chi connectivity index (χ0) is 14.4. The lowest BCUT2D eigenvalue weighted by molar-refractivity contribution is 0.101. The number of nitrogen functional groups attached to an aromatic ring is 1. The molecule has 106 valence electrons. The molecule has 3 atom stereocenters. The summed E-state index contributed by atoms with van der Waals surface area (Å²) in [6.45, 7) is 3.81. The fraction of sp³-hybridized carbons (Fsp3) is 0.385. The minimum atomic E-state index is -0.644. The largest absolute Gasteiger partial charge is 0.396 e. The van der Waals surface area contributed by atoms with Crippen molar-refractivity contribution in [3.63, 3.8) is 0 Å². The van der Waals surface area contributed by atoms with Gasteiger partial charge in [-0.1, -0.05) is 6.58 Å². The molecule has 0 bridgehead atoms. The van der Waals surface area contributed by atoms with Crippen molar-refractivity contribution in [1.29, 1.82) is 0 Å². The number of H-pyrrole nitrogens is 1. The van der Waals surface area contributed by atoms with Crippen LogP contribution in [0.2, 0.25) is 0 Å². The van der Waals surface area contributed by atoms with Crippen LogP contribution in [0.3, 0.4) is 0 Å². The van der Waals surface area contributed by atoms with Crippen molar-refractivity contribution in [2.45, 2.75) is 18.6 Å². The number of fused-ring (bicyclic) bond motifs is 1. The van der Waals surface area contributed by atoms with Crippen LogP contribution in [-0.4, -0.2) is 37.5 Å². The third-order valence-corrected chi connectivity index (χ3v) is 3.97. The summed E-state index contributed by atoms with van der Waals surface area (Å²) in [4.78, 5) is 18.4. The van der Waals surface area contributed by atoms with Crippen LogP contribution in [0.15, 0.2) is 29.2 Å². The van der Waals surface area contributed by atoms with Gasteiger partial charge in [-0.25, -0.2) is 0 Å². The van der Waals surface area contributed by atoms with Crippen LogP contribution >= 0.6 is 0 Å². The van der Waals surface area contributed by atoms with E-state index in [2.05, 4.69) is 16.5 Å². The minimum absolute atomic E-state index is 0.0466. The van der Waals surface area contributed by atoms with Gasteiger partial charge in [0.1, 0.15) is 5.65 Å². The Kier molecular flexibility index (Phi) is 2.88. The lowest BCUT2D eigenvalue weighted by Gasteiger charge is -2.16. The molecule has 20 heavy (non-hydrogen) atoms. The van der Waals surface area contributed by atoms with E-state index >= 15 is 0 Å². The van der Waals surface area contributed by atoms with Gasteiger partial charge in [-0.3, -0.25) is 9.78 Å². The van der Waals surface area contributed by atoms with Gasteiger partial charge < -0.3 is 20.5 Å². The van der Waals surface area contributed by atoms with Crippen molar-refractivity contribution in [3.8, 4) is 0 Å². The van der Waals surface area contributed by atoms with E-state index in [0.717, 1.165) is 5.57 Å². The van der Waals surface area contributed by atoms with Crippen molar-refractivity contribution in [2.24, 2.45) is 5.92 Å². The first-order valence-electron chi connectivity index (χ1n) is 6.37.